The molecule has 0 unspecified atom stereocenters. The molecular formula is C21H26N2O4S. The average molecular weight is 403 g/mol. The normalized spacial score (nSPS) is 11.7. The van der Waals surface area contributed by atoms with Crippen molar-refractivity contribution in [1.29, 1.82) is 0 Å². The summed E-state index contributed by atoms with van der Waals surface area (Å²) in [7, 11) is 3.07. The summed E-state index contributed by atoms with van der Waals surface area (Å²) in [6.07, 6.45) is 2.51. The number of carbonyl (C=O) groups is 3. The van der Waals surface area contributed by atoms with Crippen molar-refractivity contribution in [3.8, 4) is 0 Å². The van der Waals surface area contributed by atoms with Crippen LogP contribution < -0.4 is 5.32 Å². The highest BCUT2D eigenvalue weighted by molar-refractivity contribution is 7.98. The van der Waals surface area contributed by atoms with Crippen molar-refractivity contribution in [2.24, 2.45) is 7.05 Å². The summed E-state index contributed by atoms with van der Waals surface area (Å²) in [4.78, 5) is 37.0. The summed E-state index contributed by atoms with van der Waals surface area (Å²) in [5.41, 5.74) is 2.90. The number of hydrogen-bond donors (Lipinski definition) is 1. The highest BCUT2D eigenvalue weighted by atomic mass is 32.2. The van der Waals surface area contributed by atoms with Gasteiger partial charge in [-0.3, -0.25) is 9.59 Å². The summed E-state index contributed by atoms with van der Waals surface area (Å²) >= 11 is 1.60. The maximum absolute atomic E-state index is 12.7. The molecule has 0 fully saturated rings. The number of nitrogens with one attached hydrogen (secondary N) is 1. The van der Waals surface area contributed by atoms with Crippen LogP contribution in [0.3, 0.4) is 0 Å². The Morgan fingerprint density at radius 2 is 1.82 bits per heavy atom. The molecule has 1 aromatic carbocycles. The molecule has 1 heterocycles. The molecule has 0 saturated heterocycles. The van der Waals surface area contributed by atoms with Gasteiger partial charge >= 0.3 is 5.97 Å². The Morgan fingerprint density at radius 3 is 2.43 bits per heavy atom. The number of aryl methyl sites for hydroxylation is 1. The van der Waals surface area contributed by atoms with Gasteiger partial charge in [0.25, 0.3) is 0 Å². The zero-order valence-electron chi connectivity index (χ0n) is 16.7. The lowest BCUT2D eigenvalue weighted by atomic mass is 10.1. The molecule has 1 N–H and O–H groups in total. The Kier molecular flexibility index (Phi) is 7.87. The van der Waals surface area contributed by atoms with Crippen LogP contribution in [0.1, 0.15) is 33.7 Å². The molecule has 2 rings (SSSR count). The predicted octanol–water partition coefficient (Wildman–Crippen LogP) is 2.52. The van der Waals surface area contributed by atoms with Gasteiger partial charge in [0.05, 0.1) is 19.2 Å². The predicted molar refractivity (Wildman–Crippen MR) is 111 cm³/mol. The van der Waals surface area contributed by atoms with Crippen molar-refractivity contribution in [2.45, 2.75) is 25.8 Å². The molecular weight excluding hydrogens is 376 g/mol. The van der Waals surface area contributed by atoms with E-state index in [0.29, 0.717) is 23.4 Å². The van der Waals surface area contributed by atoms with Gasteiger partial charge in [0.2, 0.25) is 11.7 Å². The third-order valence-corrected chi connectivity index (χ3v) is 5.19. The zero-order chi connectivity index (χ0) is 20.7. The minimum absolute atomic E-state index is 0.0738. The molecule has 0 saturated carbocycles. The van der Waals surface area contributed by atoms with Gasteiger partial charge in [-0.25, -0.2) is 4.79 Å². The molecule has 0 aliphatic rings. The first kappa shape index (κ1) is 21.8. The first-order chi connectivity index (χ1) is 13.4. The Bertz CT molecular complexity index is 843. The van der Waals surface area contributed by atoms with Crippen LogP contribution in [0.2, 0.25) is 0 Å². The minimum atomic E-state index is -0.668. The van der Waals surface area contributed by atoms with Crippen molar-refractivity contribution in [3.63, 3.8) is 0 Å². The lowest BCUT2D eigenvalue weighted by Crippen LogP contribution is -2.42. The van der Waals surface area contributed by atoms with Crippen molar-refractivity contribution in [2.75, 3.05) is 19.1 Å². The topological polar surface area (TPSA) is 77.4 Å². The number of hydrogen-bond acceptors (Lipinski definition) is 5. The fourth-order valence-electron chi connectivity index (χ4n) is 2.85. The molecule has 0 spiro atoms. The number of ether oxygens (including phenoxy) is 1. The molecule has 1 amide bonds. The van der Waals surface area contributed by atoms with E-state index in [1.165, 1.54) is 7.11 Å². The number of ketones is 1. The second-order valence-corrected chi connectivity index (χ2v) is 7.55. The summed E-state index contributed by atoms with van der Waals surface area (Å²) in [5.74, 6) is -0.0996. The van der Waals surface area contributed by atoms with E-state index in [9.17, 15) is 14.4 Å². The SMILES string of the molecule is COC(=O)[C@H](CCSC)NC(=O)Cc1ccc(C(=O)c2ccc(C)cc2)n1C. The van der Waals surface area contributed by atoms with Crippen LogP contribution >= 0.6 is 11.8 Å². The fraction of sp³-hybridized carbons (Fsp3) is 0.381. The molecule has 6 nitrogen and oxygen atoms in total. The smallest absolute Gasteiger partial charge is 0.328 e. The largest absolute Gasteiger partial charge is 0.467 e. The number of esters is 1. The van der Waals surface area contributed by atoms with E-state index in [1.807, 2.05) is 25.3 Å². The van der Waals surface area contributed by atoms with Crippen molar-refractivity contribution >= 4 is 29.4 Å². The maximum Gasteiger partial charge on any atom is 0.328 e. The van der Waals surface area contributed by atoms with Gasteiger partial charge in [-0.05, 0) is 37.5 Å². The van der Waals surface area contributed by atoms with Gasteiger partial charge in [-0.1, -0.05) is 29.8 Å². The van der Waals surface area contributed by atoms with E-state index in [4.69, 9.17) is 4.74 Å². The Labute approximate surface area is 169 Å². The number of carbonyl (C=O) groups excluding carboxylic acids is 3. The number of rotatable bonds is 9. The van der Waals surface area contributed by atoms with Crippen LogP contribution in [0.15, 0.2) is 36.4 Å². The molecule has 1 atom stereocenters. The number of aromatic nitrogens is 1. The molecule has 0 radical (unpaired) electrons. The Hall–Kier alpha value is -2.54. The van der Waals surface area contributed by atoms with E-state index in [-0.39, 0.29) is 18.1 Å². The van der Waals surface area contributed by atoms with Gasteiger partial charge in [0.1, 0.15) is 6.04 Å². The van der Waals surface area contributed by atoms with E-state index < -0.39 is 12.0 Å². The van der Waals surface area contributed by atoms with E-state index in [2.05, 4.69) is 5.32 Å². The van der Waals surface area contributed by atoms with Gasteiger partial charge in [-0.2, -0.15) is 11.8 Å². The molecule has 0 aliphatic carbocycles. The van der Waals surface area contributed by atoms with Gasteiger partial charge in [0, 0.05) is 18.3 Å². The highest BCUT2D eigenvalue weighted by Gasteiger charge is 2.22. The van der Waals surface area contributed by atoms with E-state index in [0.717, 1.165) is 11.3 Å². The quantitative estimate of drug-likeness (QED) is 0.515. The number of nitrogens with zero attached hydrogens (tertiary/aromatic N) is 1. The molecule has 2 aromatic rings. The van der Waals surface area contributed by atoms with Gasteiger partial charge in [-0.15, -0.1) is 0 Å². The average Bonchev–Trinajstić information content (AvgIpc) is 3.04. The molecule has 0 aliphatic heterocycles. The van der Waals surface area contributed by atoms with Crippen LogP contribution in [0.5, 0.6) is 0 Å². The van der Waals surface area contributed by atoms with Crippen LogP contribution in [-0.4, -0.2) is 47.4 Å². The summed E-state index contributed by atoms with van der Waals surface area (Å²) in [5, 5.41) is 2.73. The number of amides is 1. The minimum Gasteiger partial charge on any atom is -0.467 e. The van der Waals surface area contributed by atoms with Gasteiger partial charge < -0.3 is 14.6 Å². The van der Waals surface area contributed by atoms with Crippen LogP contribution in [0.25, 0.3) is 0 Å². The molecule has 7 heteroatoms. The van der Waals surface area contributed by atoms with E-state index >= 15 is 0 Å². The number of thioether (sulfide) groups is 1. The Balaban J connectivity index is 2.08. The second kappa shape index (κ2) is 10.1. The first-order valence-corrected chi connectivity index (χ1v) is 10.4. The van der Waals surface area contributed by atoms with Crippen LogP contribution in [0, 0.1) is 6.92 Å². The lowest BCUT2D eigenvalue weighted by molar-refractivity contribution is -0.145. The summed E-state index contributed by atoms with van der Waals surface area (Å²) in [6, 6.07) is 10.2. The summed E-state index contributed by atoms with van der Waals surface area (Å²) < 4.78 is 6.48. The number of methoxy groups -OCH3 is 1. The third kappa shape index (κ3) is 5.48. The first-order valence-electron chi connectivity index (χ1n) is 8.99. The lowest BCUT2D eigenvalue weighted by Gasteiger charge is -2.16. The van der Waals surface area contributed by atoms with Crippen LogP contribution in [0.4, 0.5) is 0 Å². The van der Waals surface area contributed by atoms with Gasteiger partial charge in [0.15, 0.2) is 0 Å². The Morgan fingerprint density at radius 1 is 1.14 bits per heavy atom. The van der Waals surface area contributed by atoms with Crippen molar-refractivity contribution in [3.05, 3.63) is 58.9 Å². The van der Waals surface area contributed by atoms with Crippen molar-refractivity contribution < 1.29 is 19.1 Å². The zero-order valence-corrected chi connectivity index (χ0v) is 17.5. The molecule has 28 heavy (non-hydrogen) atoms. The molecule has 150 valence electrons. The highest BCUT2D eigenvalue weighted by Crippen LogP contribution is 2.15. The van der Waals surface area contributed by atoms with Crippen LogP contribution in [-0.2, 0) is 27.8 Å². The monoisotopic (exact) mass is 402 g/mol. The standard InChI is InChI=1S/C21H26N2O4S/c1-14-5-7-15(8-6-14)20(25)18-10-9-16(23(18)2)13-19(24)22-17(11-12-28-4)21(26)27-3/h5-10,17H,11-13H2,1-4H3,(H,22,24)/t17-/m0/s1. The summed E-state index contributed by atoms with van der Waals surface area (Å²) in [6.45, 7) is 1.97. The number of benzene rings is 1. The molecule has 1 aromatic heterocycles. The third-order valence-electron chi connectivity index (χ3n) is 4.55. The second-order valence-electron chi connectivity index (χ2n) is 6.57. The maximum atomic E-state index is 12.7. The van der Waals surface area contributed by atoms with E-state index in [1.54, 1.807) is 47.6 Å². The fourth-order valence-corrected chi connectivity index (χ4v) is 3.32. The van der Waals surface area contributed by atoms with Crippen molar-refractivity contribution in [1.82, 2.24) is 9.88 Å². The molecule has 0 bridgehead atoms.